The first-order valence-corrected chi connectivity index (χ1v) is 8.78. The molecule has 1 aliphatic rings. The highest BCUT2D eigenvalue weighted by molar-refractivity contribution is 6.04. The number of hydrogen-bond donors (Lipinski definition) is 1. The van der Waals surface area contributed by atoms with Crippen molar-refractivity contribution in [2.24, 2.45) is 0 Å². The average Bonchev–Trinajstić information content (AvgIpc) is 2.97. The van der Waals surface area contributed by atoms with Gasteiger partial charge >= 0.3 is 0 Å². The van der Waals surface area contributed by atoms with Crippen LogP contribution in [0.2, 0.25) is 0 Å². The van der Waals surface area contributed by atoms with Crippen molar-refractivity contribution in [3.05, 3.63) is 47.2 Å². The molecular weight excluding hydrogens is 330 g/mol. The van der Waals surface area contributed by atoms with E-state index < -0.39 is 5.54 Å². The minimum atomic E-state index is -0.882. The number of aryl methyl sites for hydroxylation is 1. The lowest BCUT2D eigenvalue weighted by Crippen LogP contribution is -2.66. The number of likely N-dealkylation sites (tertiary alicyclic amines) is 1. The zero-order chi connectivity index (χ0) is 19.1. The van der Waals surface area contributed by atoms with Gasteiger partial charge in [-0.25, -0.2) is 0 Å². The van der Waals surface area contributed by atoms with Gasteiger partial charge in [0.2, 0.25) is 0 Å². The Bertz CT molecular complexity index is 833. The van der Waals surface area contributed by atoms with Crippen LogP contribution in [0.4, 0.5) is 5.82 Å². The van der Waals surface area contributed by atoms with Crippen LogP contribution in [0.1, 0.15) is 55.8 Å². The van der Waals surface area contributed by atoms with Crippen LogP contribution in [-0.2, 0) is 10.2 Å². The third kappa shape index (κ3) is 3.23. The summed E-state index contributed by atoms with van der Waals surface area (Å²) in [5.41, 5.74) is 0.906. The summed E-state index contributed by atoms with van der Waals surface area (Å²) in [7, 11) is 0. The van der Waals surface area contributed by atoms with Gasteiger partial charge in [-0.05, 0) is 43.4 Å². The Balaban J connectivity index is 1.74. The predicted molar refractivity (Wildman–Crippen MR) is 99.1 cm³/mol. The lowest BCUT2D eigenvalue weighted by molar-refractivity contribution is -0.132. The largest absolute Gasteiger partial charge is 0.360 e. The third-order valence-electron chi connectivity index (χ3n) is 5.02. The second-order valence-corrected chi connectivity index (χ2v) is 8.08. The zero-order valence-electron chi connectivity index (χ0n) is 15.9. The lowest BCUT2D eigenvalue weighted by atomic mass is 9.84. The normalized spacial score (nSPS) is 19.8. The molecule has 0 radical (unpaired) electrons. The number of amides is 2. The molecule has 1 fully saturated rings. The van der Waals surface area contributed by atoms with Crippen LogP contribution in [0.25, 0.3) is 0 Å². The maximum atomic E-state index is 12.9. The quantitative estimate of drug-likeness (QED) is 0.914. The smallest absolute Gasteiger partial charge is 0.254 e. The molecule has 2 aromatic rings. The fraction of sp³-hybridized carbons (Fsp3) is 0.450. The average molecular weight is 355 g/mol. The highest BCUT2D eigenvalue weighted by atomic mass is 16.5. The molecule has 0 spiro atoms. The number of nitrogens with zero attached hydrogens (tertiary/aromatic N) is 2. The van der Waals surface area contributed by atoms with Gasteiger partial charge in [0.25, 0.3) is 11.8 Å². The number of carbonyl (C=O) groups excluding carboxylic acids is 2. The van der Waals surface area contributed by atoms with Gasteiger partial charge in [-0.15, -0.1) is 0 Å². The van der Waals surface area contributed by atoms with Gasteiger partial charge in [-0.1, -0.05) is 38.1 Å². The molecule has 26 heavy (non-hydrogen) atoms. The molecule has 0 bridgehead atoms. The lowest BCUT2D eigenvalue weighted by Gasteiger charge is -2.48. The first kappa shape index (κ1) is 18.2. The van der Waals surface area contributed by atoms with E-state index in [1.807, 2.05) is 24.3 Å². The zero-order valence-corrected chi connectivity index (χ0v) is 15.9. The van der Waals surface area contributed by atoms with Crippen molar-refractivity contribution in [2.45, 2.75) is 52.0 Å². The van der Waals surface area contributed by atoms with Crippen molar-refractivity contribution in [1.29, 1.82) is 0 Å². The molecule has 1 atom stereocenters. The van der Waals surface area contributed by atoms with E-state index in [1.165, 1.54) is 5.56 Å². The summed E-state index contributed by atoms with van der Waals surface area (Å²) in [5, 5.41) is 6.51. The minimum absolute atomic E-state index is 0.0302. The second kappa shape index (κ2) is 6.27. The number of carbonyl (C=O) groups is 2. The summed E-state index contributed by atoms with van der Waals surface area (Å²) in [6, 6.07) is 9.27. The summed E-state index contributed by atoms with van der Waals surface area (Å²) in [6.45, 7) is 10.5. The van der Waals surface area contributed by atoms with Gasteiger partial charge in [0.15, 0.2) is 5.82 Å². The van der Waals surface area contributed by atoms with E-state index in [9.17, 15) is 9.59 Å². The maximum Gasteiger partial charge on any atom is 0.254 e. The molecule has 6 heteroatoms. The van der Waals surface area contributed by atoms with Crippen LogP contribution < -0.4 is 5.32 Å². The van der Waals surface area contributed by atoms with Crippen LogP contribution in [-0.4, -0.2) is 34.0 Å². The van der Waals surface area contributed by atoms with Crippen LogP contribution in [0.5, 0.6) is 0 Å². The summed E-state index contributed by atoms with van der Waals surface area (Å²) >= 11 is 0. The number of hydrogen-bond acceptors (Lipinski definition) is 4. The number of aromatic nitrogens is 1. The van der Waals surface area contributed by atoms with Crippen LogP contribution in [0.3, 0.4) is 0 Å². The number of nitrogens with one attached hydrogen (secondary N) is 1. The summed E-state index contributed by atoms with van der Waals surface area (Å²) in [5.74, 6) is 0.593. The maximum absolute atomic E-state index is 12.9. The van der Waals surface area contributed by atoms with Crippen LogP contribution in [0, 0.1) is 6.92 Å². The molecule has 3 rings (SSSR count). The molecule has 6 nitrogen and oxygen atoms in total. The summed E-state index contributed by atoms with van der Waals surface area (Å²) < 4.78 is 4.97. The summed E-state index contributed by atoms with van der Waals surface area (Å²) in [4.78, 5) is 27.2. The fourth-order valence-corrected chi connectivity index (χ4v) is 3.07. The Hall–Kier alpha value is -2.63. The van der Waals surface area contributed by atoms with Gasteiger partial charge in [0, 0.05) is 18.2 Å². The van der Waals surface area contributed by atoms with Crippen molar-refractivity contribution in [3.8, 4) is 0 Å². The fourth-order valence-electron chi connectivity index (χ4n) is 3.07. The van der Waals surface area contributed by atoms with Gasteiger partial charge < -0.3 is 14.7 Å². The van der Waals surface area contributed by atoms with E-state index in [1.54, 1.807) is 24.8 Å². The molecule has 0 saturated carbocycles. The Labute approximate surface area is 153 Å². The van der Waals surface area contributed by atoms with E-state index >= 15 is 0 Å². The van der Waals surface area contributed by atoms with Crippen molar-refractivity contribution in [1.82, 2.24) is 10.1 Å². The standard InChI is InChI=1S/C20H25N3O3/c1-13-12-16(22-26-13)21-18(25)20(5)10-11-23(20)17(24)14-6-8-15(9-7-14)19(2,3)4/h6-9,12H,10-11H2,1-5H3,(H,21,22,25). The Kier molecular flexibility index (Phi) is 4.38. The van der Waals surface area contributed by atoms with Gasteiger partial charge in [0.1, 0.15) is 11.3 Å². The SMILES string of the molecule is Cc1cc(NC(=O)C2(C)CCN2C(=O)c2ccc(C(C)(C)C)cc2)no1. The molecule has 0 aliphatic carbocycles. The van der Waals surface area contributed by atoms with E-state index in [4.69, 9.17) is 4.52 Å². The molecule has 1 N–H and O–H groups in total. The second-order valence-electron chi connectivity index (χ2n) is 8.08. The molecule has 2 heterocycles. The first-order chi connectivity index (χ1) is 12.1. The molecule has 1 aromatic heterocycles. The Morgan fingerprint density at radius 3 is 2.35 bits per heavy atom. The van der Waals surface area contributed by atoms with E-state index in [0.717, 1.165) is 0 Å². The molecule has 1 aliphatic heterocycles. The Morgan fingerprint density at radius 2 is 1.88 bits per heavy atom. The third-order valence-corrected chi connectivity index (χ3v) is 5.02. The van der Waals surface area contributed by atoms with Crippen molar-refractivity contribution >= 4 is 17.6 Å². The highest BCUT2D eigenvalue weighted by Gasteiger charge is 2.49. The molecule has 1 unspecified atom stereocenters. The van der Waals surface area contributed by atoms with Gasteiger partial charge in [-0.2, -0.15) is 0 Å². The van der Waals surface area contributed by atoms with Crippen molar-refractivity contribution in [3.63, 3.8) is 0 Å². The van der Waals surface area contributed by atoms with Crippen molar-refractivity contribution in [2.75, 3.05) is 11.9 Å². The number of rotatable bonds is 3. The monoisotopic (exact) mass is 355 g/mol. The number of benzene rings is 1. The topological polar surface area (TPSA) is 75.4 Å². The van der Waals surface area contributed by atoms with E-state index in [2.05, 4.69) is 31.2 Å². The summed E-state index contributed by atoms with van der Waals surface area (Å²) in [6.07, 6.45) is 0.613. The van der Waals surface area contributed by atoms with E-state index in [-0.39, 0.29) is 17.2 Å². The highest BCUT2D eigenvalue weighted by Crippen LogP contribution is 2.33. The van der Waals surface area contributed by atoms with E-state index in [0.29, 0.717) is 30.1 Å². The van der Waals surface area contributed by atoms with Crippen LogP contribution in [0.15, 0.2) is 34.9 Å². The molecular formula is C20H25N3O3. The Morgan fingerprint density at radius 1 is 1.23 bits per heavy atom. The minimum Gasteiger partial charge on any atom is -0.360 e. The number of anilines is 1. The van der Waals surface area contributed by atoms with Gasteiger partial charge in [-0.3, -0.25) is 9.59 Å². The van der Waals surface area contributed by atoms with Gasteiger partial charge in [0.05, 0.1) is 0 Å². The molecule has 138 valence electrons. The predicted octanol–water partition coefficient (Wildman–Crippen LogP) is 3.52. The van der Waals surface area contributed by atoms with Crippen LogP contribution >= 0.6 is 0 Å². The van der Waals surface area contributed by atoms with Crippen molar-refractivity contribution < 1.29 is 14.1 Å². The molecule has 2 amide bonds. The molecule has 1 aromatic carbocycles. The first-order valence-electron chi connectivity index (χ1n) is 8.78. The molecule has 1 saturated heterocycles.